The molecule has 4 nitrogen and oxygen atoms in total. The van der Waals surface area contributed by atoms with Crippen LogP contribution in [0.15, 0.2) is 0 Å². The molecule has 0 bridgehead atoms. The van der Waals surface area contributed by atoms with E-state index in [2.05, 4.69) is 0 Å². The second-order valence-electron chi connectivity index (χ2n) is 0.179. The van der Waals surface area contributed by atoms with Crippen LogP contribution in [0.1, 0.15) is 0 Å². The van der Waals surface area contributed by atoms with Gasteiger partial charge in [-0.25, -0.2) is 0 Å². The SMILES string of the molecule is O[N-][N-]O.[Na+].[Na+]. The molecule has 0 heterocycles. The summed E-state index contributed by atoms with van der Waals surface area (Å²) in [5.74, 6) is 0. The van der Waals surface area contributed by atoms with Gasteiger partial charge in [0.15, 0.2) is 0 Å². The smallest absolute Gasteiger partial charge is 0.661 e. The molecule has 0 fully saturated rings. The standard InChI is InChI=1S/H2N2O2.2Na/c3-1-2-4;;/h3-4H;;/q-2;2*+1. The third-order valence-corrected chi connectivity index (χ3v) is 0.0400. The van der Waals surface area contributed by atoms with E-state index in [4.69, 9.17) is 10.4 Å². The van der Waals surface area contributed by atoms with Gasteiger partial charge in [0.1, 0.15) is 0 Å². The molecule has 0 aromatic heterocycles. The van der Waals surface area contributed by atoms with Gasteiger partial charge in [-0.1, -0.05) is 0 Å². The van der Waals surface area contributed by atoms with Gasteiger partial charge < -0.3 is 21.6 Å². The van der Waals surface area contributed by atoms with E-state index >= 15 is 0 Å². The number of rotatable bonds is 1. The third-order valence-electron chi connectivity index (χ3n) is 0.0400. The Kier molecular flexibility index (Phi) is 41.3. The van der Waals surface area contributed by atoms with Crippen LogP contribution in [0, 0.1) is 0 Å². The molecule has 6 heavy (non-hydrogen) atoms. The van der Waals surface area contributed by atoms with Crippen LogP contribution in [-0.4, -0.2) is 10.4 Å². The molecule has 0 aliphatic carbocycles. The van der Waals surface area contributed by atoms with E-state index in [9.17, 15) is 0 Å². The van der Waals surface area contributed by atoms with Crippen LogP contribution < -0.4 is 59.1 Å². The van der Waals surface area contributed by atoms with Crippen LogP contribution in [0.2, 0.25) is 0 Å². The van der Waals surface area contributed by atoms with Crippen LogP contribution in [-0.2, 0) is 0 Å². The zero-order valence-corrected chi connectivity index (χ0v) is 7.79. The van der Waals surface area contributed by atoms with Gasteiger partial charge in [-0.05, 0) is 0 Å². The summed E-state index contributed by atoms with van der Waals surface area (Å²) in [5.41, 5.74) is 3.83. The molecule has 0 aromatic rings. The molecular weight excluding hydrogens is 106 g/mol. The Hall–Kier alpha value is 1.84. The predicted molar refractivity (Wildman–Crippen MR) is 10.3 cm³/mol. The van der Waals surface area contributed by atoms with Crippen molar-refractivity contribution in [1.29, 1.82) is 0 Å². The van der Waals surface area contributed by atoms with E-state index in [0.717, 1.165) is 0 Å². The maximum Gasteiger partial charge on any atom is 1.00 e. The van der Waals surface area contributed by atoms with Crippen molar-refractivity contribution in [2.45, 2.75) is 0 Å². The van der Waals surface area contributed by atoms with Crippen molar-refractivity contribution < 1.29 is 69.5 Å². The molecule has 0 atom stereocenters. The quantitative estimate of drug-likeness (QED) is 0.260. The topological polar surface area (TPSA) is 68.7 Å². The molecule has 0 spiro atoms. The average Bonchev–Trinajstić information content (AvgIpc) is 1.37. The van der Waals surface area contributed by atoms with Crippen molar-refractivity contribution in [2.75, 3.05) is 0 Å². The van der Waals surface area contributed by atoms with Crippen molar-refractivity contribution in [1.82, 2.24) is 0 Å². The van der Waals surface area contributed by atoms with Crippen LogP contribution in [0.25, 0.3) is 11.2 Å². The molecule has 6 heteroatoms. The predicted octanol–water partition coefficient (Wildman–Crippen LogP) is -5.56. The fourth-order valence-corrected chi connectivity index (χ4v) is 0. The van der Waals surface area contributed by atoms with Gasteiger partial charge in [0, 0.05) is 0 Å². The van der Waals surface area contributed by atoms with E-state index in [0.29, 0.717) is 0 Å². The average molecular weight is 108 g/mol. The minimum atomic E-state index is 0. The minimum Gasteiger partial charge on any atom is -0.661 e. The number of hydrogen-bond acceptors (Lipinski definition) is 2. The summed E-state index contributed by atoms with van der Waals surface area (Å²) in [4.78, 5) is 0. The van der Waals surface area contributed by atoms with Crippen molar-refractivity contribution in [3.8, 4) is 0 Å². The van der Waals surface area contributed by atoms with Crippen LogP contribution in [0.5, 0.6) is 0 Å². The Labute approximate surface area is 79.8 Å². The number of hydrogen-bond donors (Lipinski definition) is 2. The maximum absolute atomic E-state index is 7.08. The van der Waals surface area contributed by atoms with Crippen molar-refractivity contribution >= 4 is 0 Å². The molecular formula is H2N2Na2O2. The van der Waals surface area contributed by atoms with E-state index in [1.54, 1.807) is 0 Å². The zero-order valence-electron chi connectivity index (χ0n) is 3.79. The minimum absolute atomic E-state index is 0. The molecule has 0 aliphatic rings. The molecule has 0 unspecified atom stereocenters. The Balaban J connectivity index is -0.0000000450. The molecule has 0 amide bonds. The molecule has 0 rings (SSSR count). The first kappa shape index (κ1) is 15.7. The van der Waals surface area contributed by atoms with Gasteiger partial charge in [-0.3, -0.25) is 0 Å². The maximum atomic E-state index is 7.08. The van der Waals surface area contributed by atoms with Gasteiger partial charge in [0.05, 0.1) is 0 Å². The molecule has 2 N–H and O–H groups in total. The van der Waals surface area contributed by atoms with E-state index in [-0.39, 0.29) is 59.1 Å². The first-order chi connectivity index (χ1) is 1.91. The fourth-order valence-electron chi connectivity index (χ4n) is 0. The Morgan fingerprint density at radius 1 is 0.833 bits per heavy atom. The van der Waals surface area contributed by atoms with Crippen molar-refractivity contribution in [3.63, 3.8) is 0 Å². The summed E-state index contributed by atoms with van der Waals surface area (Å²) in [6.07, 6.45) is 0. The summed E-state index contributed by atoms with van der Waals surface area (Å²) in [7, 11) is 0. The largest absolute Gasteiger partial charge is 1.00 e. The van der Waals surface area contributed by atoms with Gasteiger partial charge >= 0.3 is 59.1 Å². The Morgan fingerprint density at radius 3 is 1.00 bits per heavy atom. The van der Waals surface area contributed by atoms with E-state index in [1.807, 2.05) is 11.2 Å². The first-order valence-electron chi connectivity index (χ1n) is 0.600. The Morgan fingerprint density at radius 2 is 1.00 bits per heavy atom. The van der Waals surface area contributed by atoms with Crippen molar-refractivity contribution in [3.05, 3.63) is 11.2 Å². The summed E-state index contributed by atoms with van der Waals surface area (Å²) < 4.78 is 0. The van der Waals surface area contributed by atoms with Gasteiger partial charge in [-0.2, -0.15) is 0 Å². The molecule has 0 aromatic carbocycles. The molecule has 26 valence electrons. The fraction of sp³-hybridized carbons (Fsp3) is 0. The second-order valence-corrected chi connectivity index (χ2v) is 0.179. The Bertz CT molecular complexity index is 11.5. The van der Waals surface area contributed by atoms with Gasteiger partial charge in [0.25, 0.3) is 0 Å². The monoisotopic (exact) mass is 108 g/mol. The molecule has 0 saturated carbocycles. The molecule has 0 saturated heterocycles. The van der Waals surface area contributed by atoms with Gasteiger partial charge in [-0.15, -0.1) is 0 Å². The van der Waals surface area contributed by atoms with Crippen LogP contribution in [0.3, 0.4) is 0 Å². The second kappa shape index (κ2) is 15.8. The first-order valence-corrected chi connectivity index (χ1v) is 0.600. The molecule has 0 aliphatic heterocycles. The zero-order chi connectivity index (χ0) is 3.41. The van der Waals surface area contributed by atoms with E-state index in [1.165, 1.54) is 0 Å². The summed E-state index contributed by atoms with van der Waals surface area (Å²) >= 11 is 0. The van der Waals surface area contributed by atoms with Gasteiger partial charge in [0.2, 0.25) is 0 Å². The van der Waals surface area contributed by atoms with E-state index < -0.39 is 0 Å². The summed E-state index contributed by atoms with van der Waals surface area (Å²) in [6, 6.07) is 0. The summed E-state index contributed by atoms with van der Waals surface area (Å²) in [6.45, 7) is 0. The third kappa shape index (κ3) is 17.0. The summed E-state index contributed by atoms with van der Waals surface area (Å²) in [5, 5.41) is 14.2. The number of nitrogens with zero attached hydrogens (tertiary/aromatic N) is 2. The van der Waals surface area contributed by atoms with Crippen LogP contribution in [0.4, 0.5) is 0 Å². The molecule has 0 radical (unpaired) electrons. The normalized spacial score (nSPS) is 5.00. The van der Waals surface area contributed by atoms with Crippen LogP contribution >= 0.6 is 0 Å². The van der Waals surface area contributed by atoms with Crippen molar-refractivity contribution in [2.24, 2.45) is 0 Å².